The number of nitrogens with zero attached hydrogens (tertiary/aromatic N) is 3. The number of benzene rings is 2. The molecule has 3 aliphatic rings. The van der Waals surface area contributed by atoms with Crippen LogP contribution in [0.4, 0.5) is 4.79 Å². The summed E-state index contributed by atoms with van der Waals surface area (Å²) in [6, 6.07) is 15.5. The molecule has 2 saturated carbocycles. The van der Waals surface area contributed by atoms with E-state index in [1.807, 2.05) is 24.3 Å². The Hall–Kier alpha value is -2.95. The van der Waals surface area contributed by atoms with Crippen LogP contribution in [-0.2, 0) is 22.5 Å². The molecular weight excluding hydrogens is 480 g/mol. The molecule has 2 aromatic rings. The number of hydrogen-bond acceptors (Lipinski definition) is 4. The average Bonchev–Trinajstić information content (AvgIpc) is 3.81. The molecule has 2 aromatic carbocycles. The lowest BCUT2D eigenvalue weighted by Crippen LogP contribution is -2.50. The highest BCUT2D eigenvalue weighted by Gasteiger charge is 2.43. The van der Waals surface area contributed by atoms with Crippen LogP contribution in [0.15, 0.2) is 48.5 Å². The smallest absolute Gasteiger partial charge is 0.336 e. The molecule has 2 unspecified atom stereocenters. The number of ether oxygens (including phenoxy) is 1. The van der Waals surface area contributed by atoms with Gasteiger partial charge in [-0.2, -0.15) is 0 Å². The molecule has 0 aromatic heterocycles. The maximum Gasteiger partial charge on any atom is 0.336 e. The minimum atomic E-state index is -2.52. The Morgan fingerprint density at radius 3 is 2.33 bits per heavy atom. The van der Waals surface area contributed by atoms with Crippen molar-refractivity contribution in [3.05, 3.63) is 65.2 Å². The highest BCUT2D eigenvalue weighted by atomic mass is 32.2. The van der Waals surface area contributed by atoms with Gasteiger partial charge in [0.15, 0.2) is 0 Å². The first kappa shape index (κ1) is 24.7. The zero-order valence-corrected chi connectivity index (χ0v) is 21.2. The third-order valence-corrected chi connectivity index (χ3v) is 7.72. The van der Waals surface area contributed by atoms with Crippen molar-refractivity contribution in [1.82, 2.24) is 19.6 Å². The number of hydrogen-bond donors (Lipinski definition) is 2. The lowest BCUT2D eigenvalue weighted by molar-refractivity contribution is -0.123. The van der Waals surface area contributed by atoms with Crippen molar-refractivity contribution in [2.24, 2.45) is 0 Å². The summed E-state index contributed by atoms with van der Waals surface area (Å²) in [4.78, 5) is 27.7. The van der Waals surface area contributed by atoms with Crippen LogP contribution in [0, 0.1) is 0 Å². The van der Waals surface area contributed by atoms with E-state index in [1.165, 1.54) is 23.4 Å². The summed E-state index contributed by atoms with van der Waals surface area (Å²) in [6.07, 6.45) is 4.86. The standard InChI is InChI=1S/C26H32N4O5S/c1-35-23-12-2-18(3-13-23)14-15-28-24(21-8-6-20(7-9-21)19-4-5-19)16-29(26(28)32)30(36(33)34)17-25(31)27-22-10-11-22/h2-3,6-9,12-13,19,22,24H,4-5,10-11,14-17H2,1H3,(H,27,31)(H,33,34). The van der Waals surface area contributed by atoms with Crippen LogP contribution in [0.2, 0.25) is 0 Å². The summed E-state index contributed by atoms with van der Waals surface area (Å²) in [7, 11) is 1.62. The fourth-order valence-electron chi connectivity index (χ4n) is 4.64. The van der Waals surface area contributed by atoms with Crippen molar-refractivity contribution in [1.29, 1.82) is 0 Å². The minimum Gasteiger partial charge on any atom is -0.497 e. The highest BCUT2D eigenvalue weighted by molar-refractivity contribution is 7.76. The molecule has 5 rings (SSSR count). The first-order chi connectivity index (χ1) is 17.4. The van der Waals surface area contributed by atoms with Crippen molar-refractivity contribution in [2.45, 2.75) is 50.1 Å². The fraction of sp³-hybridized carbons (Fsp3) is 0.462. The van der Waals surface area contributed by atoms with E-state index >= 15 is 0 Å². The summed E-state index contributed by atoms with van der Waals surface area (Å²) < 4.78 is 28.4. The Morgan fingerprint density at radius 1 is 1.08 bits per heavy atom. The Kier molecular flexibility index (Phi) is 7.27. The number of hydrazine groups is 1. The number of rotatable bonds is 11. The second-order valence-electron chi connectivity index (χ2n) is 9.70. The first-order valence-electron chi connectivity index (χ1n) is 12.4. The molecule has 3 fully saturated rings. The van der Waals surface area contributed by atoms with Gasteiger partial charge in [-0.05, 0) is 66.8 Å². The van der Waals surface area contributed by atoms with Gasteiger partial charge in [0.2, 0.25) is 5.91 Å². The maximum absolute atomic E-state index is 13.6. The summed E-state index contributed by atoms with van der Waals surface area (Å²) in [5, 5.41) is 4.07. The molecular formula is C26H32N4O5S. The predicted octanol–water partition coefficient (Wildman–Crippen LogP) is 3.23. The van der Waals surface area contributed by atoms with Gasteiger partial charge in [-0.3, -0.25) is 9.35 Å². The van der Waals surface area contributed by atoms with Gasteiger partial charge < -0.3 is 15.0 Å². The average molecular weight is 513 g/mol. The van der Waals surface area contributed by atoms with Gasteiger partial charge in [0, 0.05) is 12.6 Å². The molecule has 1 aliphatic heterocycles. The van der Waals surface area contributed by atoms with Gasteiger partial charge in [-0.25, -0.2) is 14.0 Å². The summed E-state index contributed by atoms with van der Waals surface area (Å²) in [5.74, 6) is 1.03. The summed E-state index contributed by atoms with van der Waals surface area (Å²) in [6.45, 7) is 0.259. The molecule has 0 spiro atoms. The van der Waals surface area contributed by atoms with Crippen LogP contribution in [-0.4, -0.2) is 67.8 Å². The van der Waals surface area contributed by atoms with Crippen LogP contribution in [0.3, 0.4) is 0 Å². The summed E-state index contributed by atoms with van der Waals surface area (Å²) >= 11 is -2.52. The number of carbonyl (C=O) groups is 2. The number of nitrogens with one attached hydrogen (secondary N) is 1. The lowest BCUT2D eigenvalue weighted by atomic mass is 10.0. The monoisotopic (exact) mass is 512 g/mol. The Labute approximate surface area is 213 Å². The summed E-state index contributed by atoms with van der Waals surface area (Å²) in [5.41, 5.74) is 3.33. The van der Waals surface area contributed by atoms with E-state index in [0.717, 1.165) is 34.1 Å². The molecule has 192 valence electrons. The molecule has 9 nitrogen and oxygen atoms in total. The van der Waals surface area contributed by atoms with Crippen molar-refractivity contribution in [3.63, 3.8) is 0 Å². The SMILES string of the molecule is COc1ccc(CCN2C(=O)N(N(CC(=O)NC3CC3)S(=O)O)CC2c2ccc(C3CC3)cc2)cc1. The second-order valence-corrected chi connectivity index (χ2v) is 10.6. The van der Waals surface area contributed by atoms with Crippen molar-refractivity contribution in [3.8, 4) is 5.75 Å². The molecule has 36 heavy (non-hydrogen) atoms. The van der Waals surface area contributed by atoms with E-state index in [-0.39, 0.29) is 37.1 Å². The number of methoxy groups -OCH3 is 1. The normalized spacial score (nSPS) is 20.6. The molecule has 2 N–H and O–H groups in total. The number of amides is 3. The fourth-order valence-corrected chi connectivity index (χ4v) is 5.18. The molecule has 1 heterocycles. The maximum atomic E-state index is 13.6. The van der Waals surface area contributed by atoms with Gasteiger partial charge in [-0.15, -0.1) is 0 Å². The van der Waals surface area contributed by atoms with E-state index in [9.17, 15) is 18.4 Å². The van der Waals surface area contributed by atoms with Crippen molar-refractivity contribution in [2.75, 3.05) is 26.7 Å². The molecule has 0 bridgehead atoms. The first-order valence-corrected chi connectivity index (χ1v) is 13.5. The zero-order chi connectivity index (χ0) is 25.2. The molecule has 10 heteroatoms. The van der Waals surface area contributed by atoms with E-state index in [4.69, 9.17) is 4.74 Å². The molecule has 2 aliphatic carbocycles. The van der Waals surface area contributed by atoms with Crippen LogP contribution >= 0.6 is 0 Å². The van der Waals surface area contributed by atoms with E-state index in [1.54, 1.807) is 12.0 Å². The molecule has 0 radical (unpaired) electrons. The Balaban J connectivity index is 1.35. The molecule has 3 amide bonds. The van der Waals surface area contributed by atoms with Crippen LogP contribution in [0.5, 0.6) is 5.75 Å². The van der Waals surface area contributed by atoms with Gasteiger partial charge in [-0.1, -0.05) is 40.8 Å². The Bertz CT molecular complexity index is 1120. The number of urea groups is 1. The van der Waals surface area contributed by atoms with Crippen molar-refractivity contribution >= 4 is 23.2 Å². The van der Waals surface area contributed by atoms with E-state index < -0.39 is 11.3 Å². The second kappa shape index (κ2) is 10.6. The zero-order valence-electron chi connectivity index (χ0n) is 20.3. The topological polar surface area (TPSA) is 102 Å². The van der Waals surface area contributed by atoms with Gasteiger partial charge in [0.25, 0.3) is 11.3 Å². The molecule has 1 saturated heterocycles. The largest absolute Gasteiger partial charge is 0.497 e. The van der Waals surface area contributed by atoms with Crippen molar-refractivity contribution < 1.29 is 23.1 Å². The van der Waals surface area contributed by atoms with E-state index in [2.05, 4.69) is 29.6 Å². The van der Waals surface area contributed by atoms with Crippen LogP contribution in [0.1, 0.15) is 54.3 Å². The van der Waals surface area contributed by atoms with Gasteiger partial charge >= 0.3 is 6.03 Å². The van der Waals surface area contributed by atoms with E-state index in [0.29, 0.717) is 18.9 Å². The molecule has 2 atom stereocenters. The van der Waals surface area contributed by atoms with Gasteiger partial charge in [0.05, 0.1) is 19.7 Å². The number of carbonyl (C=O) groups excluding carboxylic acids is 2. The van der Waals surface area contributed by atoms with Gasteiger partial charge in [0.1, 0.15) is 12.3 Å². The third-order valence-electron chi connectivity index (χ3n) is 7.03. The highest BCUT2D eigenvalue weighted by Crippen LogP contribution is 2.41. The third kappa shape index (κ3) is 5.71. The quantitative estimate of drug-likeness (QED) is 0.450. The van der Waals surface area contributed by atoms with Crippen LogP contribution < -0.4 is 10.1 Å². The van der Waals surface area contributed by atoms with Crippen LogP contribution in [0.25, 0.3) is 0 Å². The predicted molar refractivity (Wildman–Crippen MR) is 135 cm³/mol. The lowest BCUT2D eigenvalue weighted by Gasteiger charge is -2.27. The minimum absolute atomic E-state index is 0.125. The Morgan fingerprint density at radius 2 is 1.75 bits per heavy atom.